The zero-order valence-electron chi connectivity index (χ0n) is 14.0. The number of amides is 1. The van der Waals surface area contributed by atoms with Crippen LogP contribution in [0.25, 0.3) is 0 Å². The minimum Gasteiger partial charge on any atom is -0.379 e. The van der Waals surface area contributed by atoms with Crippen molar-refractivity contribution in [3.63, 3.8) is 0 Å². The van der Waals surface area contributed by atoms with E-state index in [-0.39, 0.29) is 12.0 Å². The maximum absolute atomic E-state index is 12.7. The predicted molar refractivity (Wildman–Crippen MR) is 95.3 cm³/mol. The van der Waals surface area contributed by atoms with Crippen molar-refractivity contribution in [1.29, 1.82) is 0 Å². The second-order valence-electron chi connectivity index (χ2n) is 6.09. The van der Waals surface area contributed by atoms with E-state index in [0.717, 1.165) is 28.5 Å². The largest absolute Gasteiger partial charge is 0.379 e. The van der Waals surface area contributed by atoms with Gasteiger partial charge in [-0.1, -0.05) is 24.8 Å². The summed E-state index contributed by atoms with van der Waals surface area (Å²) in [5.74, 6) is 0.578. The van der Waals surface area contributed by atoms with Crippen LogP contribution in [0.5, 0.6) is 0 Å². The lowest BCUT2D eigenvalue weighted by Crippen LogP contribution is -2.46. The molecule has 1 aromatic heterocycles. The summed E-state index contributed by atoms with van der Waals surface area (Å²) in [6, 6.07) is 13.6. The molecular formula is C19H22N2O2S. The van der Waals surface area contributed by atoms with E-state index < -0.39 is 0 Å². The highest BCUT2D eigenvalue weighted by Gasteiger charge is 2.29. The molecule has 0 bridgehead atoms. The van der Waals surface area contributed by atoms with E-state index >= 15 is 0 Å². The molecule has 0 N–H and O–H groups in total. The molecular weight excluding hydrogens is 320 g/mol. The number of carbonyl (C=O) groups is 1. The summed E-state index contributed by atoms with van der Waals surface area (Å²) in [5, 5.41) is 0.949. The van der Waals surface area contributed by atoms with Crippen molar-refractivity contribution in [1.82, 2.24) is 9.88 Å². The SMILES string of the molecule is CO[C@@H]1CN(C(=O)c2ccc(Sc3ccccn3)cc2)CC[C@@H]1C. The average molecular weight is 342 g/mol. The van der Waals surface area contributed by atoms with Crippen molar-refractivity contribution in [2.45, 2.75) is 29.4 Å². The van der Waals surface area contributed by atoms with E-state index in [1.165, 1.54) is 0 Å². The van der Waals surface area contributed by atoms with Crippen LogP contribution in [0, 0.1) is 5.92 Å². The van der Waals surface area contributed by atoms with Gasteiger partial charge in [0.05, 0.1) is 6.10 Å². The van der Waals surface area contributed by atoms with Crippen molar-refractivity contribution in [3.05, 3.63) is 54.2 Å². The summed E-state index contributed by atoms with van der Waals surface area (Å²) in [6.07, 6.45) is 2.89. The van der Waals surface area contributed by atoms with Gasteiger partial charge < -0.3 is 9.64 Å². The molecule has 2 atom stereocenters. The van der Waals surface area contributed by atoms with Crippen molar-refractivity contribution < 1.29 is 9.53 Å². The highest BCUT2D eigenvalue weighted by molar-refractivity contribution is 7.99. The van der Waals surface area contributed by atoms with Crippen LogP contribution < -0.4 is 0 Å². The number of methoxy groups -OCH3 is 1. The fourth-order valence-electron chi connectivity index (χ4n) is 2.90. The average Bonchev–Trinajstić information content (AvgIpc) is 2.63. The molecule has 4 nitrogen and oxygen atoms in total. The number of nitrogens with zero attached hydrogens (tertiary/aromatic N) is 2. The molecule has 1 amide bonds. The van der Waals surface area contributed by atoms with Crippen LogP contribution in [-0.2, 0) is 4.74 Å². The number of benzene rings is 1. The second-order valence-corrected chi connectivity index (χ2v) is 7.18. The van der Waals surface area contributed by atoms with E-state index in [1.54, 1.807) is 25.1 Å². The van der Waals surface area contributed by atoms with Crippen molar-refractivity contribution in [2.24, 2.45) is 5.92 Å². The number of carbonyl (C=O) groups excluding carboxylic acids is 1. The minimum absolute atomic E-state index is 0.0818. The molecule has 1 aromatic carbocycles. The topological polar surface area (TPSA) is 42.4 Å². The van der Waals surface area contributed by atoms with Crippen LogP contribution in [0.15, 0.2) is 58.6 Å². The molecule has 5 heteroatoms. The monoisotopic (exact) mass is 342 g/mol. The van der Waals surface area contributed by atoms with Gasteiger partial charge in [0.1, 0.15) is 5.03 Å². The van der Waals surface area contributed by atoms with E-state index in [4.69, 9.17) is 4.74 Å². The van der Waals surface area contributed by atoms with Crippen LogP contribution in [0.1, 0.15) is 23.7 Å². The normalized spacial score (nSPS) is 20.8. The quantitative estimate of drug-likeness (QED) is 0.849. The first-order valence-corrected chi connectivity index (χ1v) is 9.00. The number of likely N-dealkylation sites (tertiary alicyclic amines) is 1. The molecule has 0 unspecified atom stereocenters. The summed E-state index contributed by atoms with van der Waals surface area (Å²) in [7, 11) is 1.72. The molecule has 1 fully saturated rings. The molecule has 1 aliphatic rings. The number of pyridine rings is 1. The lowest BCUT2D eigenvalue weighted by Gasteiger charge is -2.36. The van der Waals surface area contributed by atoms with Gasteiger partial charge in [-0.2, -0.15) is 0 Å². The van der Waals surface area contributed by atoms with E-state index in [1.807, 2.05) is 47.4 Å². The third-order valence-electron chi connectivity index (χ3n) is 4.44. The first-order chi connectivity index (χ1) is 11.7. The molecule has 0 spiro atoms. The zero-order valence-corrected chi connectivity index (χ0v) is 14.8. The van der Waals surface area contributed by atoms with Gasteiger partial charge in [-0.3, -0.25) is 4.79 Å². The molecule has 0 saturated carbocycles. The molecule has 126 valence electrons. The van der Waals surface area contributed by atoms with Gasteiger partial charge in [0.25, 0.3) is 5.91 Å². The van der Waals surface area contributed by atoms with Crippen molar-refractivity contribution in [2.75, 3.05) is 20.2 Å². The molecule has 3 rings (SSSR count). The lowest BCUT2D eigenvalue weighted by molar-refractivity contribution is -0.00156. The number of piperidine rings is 1. The minimum atomic E-state index is 0.0818. The molecule has 1 saturated heterocycles. The Labute approximate surface area is 147 Å². The number of hydrogen-bond acceptors (Lipinski definition) is 4. The van der Waals surface area contributed by atoms with Gasteiger partial charge in [-0.05, 0) is 48.7 Å². The molecule has 0 radical (unpaired) electrons. The van der Waals surface area contributed by atoms with Crippen LogP contribution in [0.2, 0.25) is 0 Å². The summed E-state index contributed by atoms with van der Waals surface area (Å²) >= 11 is 1.59. The standard InChI is InChI=1S/C19H22N2O2S/c1-14-10-12-21(13-17(14)23-2)19(22)15-6-8-16(9-7-15)24-18-5-3-4-11-20-18/h3-9,11,14,17H,10,12-13H2,1-2H3/t14-,17+/m0/s1. The smallest absolute Gasteiger partial charge is 0.253 e. The van der Waals surface area contributed by atoms with Crippen LogP contribution in [0.3, 0.4) is 0 Å². The predicted octanol–water partition coefficient (Wildman–Crippen LogP) is 3.73. The highest BCUT2D eigenvalue weighted by atomic mass is 32.2. The Kier molecular flexibility index (Phi) is 5.53. The molecule has 1 aliphatic heterocycles. The van der Waals surface area contributed by atoms with Gasteiger partial charge in [0.15, 0.2) is 0 Å². The summed E-state index contributed by atoms with van der Waals surface area (Å²) in [4.78, 5) is 20.0. The number of ether oxygens (including phenoxy) is 1. The van der Waals surface area contributed by atoms with Crippen molar-refractivity contribution >= 4 is 17.7 Å². The van der Waals surface area contributed by atoms with Gasteiger partial charge in [0.2, 0.25) is 0 Å². The van der Waals surface area contributed by atoms with E-state index in [0.29, 0.717) is 12.5 Å². The summed E-state index contributed by atoms with van der Waals surface area (Å²) in [5.41, 5.74) is 0.727. The number of hydrogen-bond donors (Lipinski definition) is 0. The van der Waals surface area contributed by atoms with Gasteiger partial charge in [0, 0.05) is 36.9 Å². The first-order valence-electron chi connectivity index (χ1n) is 8.18. The summed E-state index contributed by atoms with van der Waals surface area (Å²) in [6.45, 7) is 3.64. The Morgan fingerprint density at radius 2 is 2.04 bits per heavy atom. The first kappa shape index (κ1) is 17.0. The van der Waals surface area contributed by atoms with Gasteiger partial charge in [-0.15, -0.1) is 0 Å². The molecule has 0 aliphatic carbocycles. The van der Waals surface area contributed by atoms with Crippen LogP contribution in [0.4, 0.5) is 0 Å². The number of rotatable bonds is 4. The van der Waals surface area contributed by atoms with Gasteiger partial charge in [-0.25, -0.2) is 4.98 Å². The number of aromatic nitrogens is 1. The Morgan fingerprint density at radius 1 is 1.25 bits per heavy atom. The third-order valence-corrected chi connectivity index (χ3v) is 5.40. The molecule has 2 aromatic rings. The van der Waals surface area contributed by atoms with Crippen LogP contribution in [-0.4, -0.2) is 42.1 Å². The highest BCUT2D eigenvalue weighted by Crippen LogP contribution is 2.26. The lowest BCUT2D eigenvalue weighted by atomic mass is 9.95. The third kappa shape index (κ3) is 3.97. The van der Waals surface area contributed by atoms with E-state index in [2.05, 4.69) is 11.9 Å². The maximum atomic E-state index is 12.7. The summed E-state index contributed by atoms with van der Waals surface area (Å²) < 4.78 is 5.50. The van der Waals surface area contributed by atoms with E-state index in [9.17, 15) is 4.79 Å². The second kappa shape index (κ2) is 7.81. The van der Waals surface area contributed by atoms with Crippen molar-refractivity contribution in [3.8, 4) is 0 Å². The maximum Gasteiger partial charge on any atom is 0.253 e. The Balaban J connectivity index is 1.66. The fraction of sp³-hybridized carbons (Fsp3) is 0.368. The fourth-order valence-corrected chi connectivity index (χ4v) is 3.68. The zero-order chi connectivity index (χ0) is 16.9. The van der Waals surface area contributed by atoms with Crippen LogP contribution >= 0.6 is 11.8 Å². The Hall–Kier alpha value is -1.85. The van der Waals surface area contributed by atoms with Gasteiger partial charge >= 0.3 is 0 Å². The molecule has 2 heterocycles. The Bertz CT molecular complexity index is 676. The Morgan fingerprint density at radius 3 is 2.71 bits per heavy atom. The molecule has 24 heavy (non-hydrogen) atoms.